The minimum Gasteiger partial charge on any atom is -0.396 e. The zero-order chi connectivity index (χ0) is 10.1. The Kier molecular flexibility index (Phi) is 8.46. The molecule has 2 N–H and O–H groups in total. The van der Waals surface area contributed by atoms with Crippen molar-refractivity contribution in [2.24, 2.45) is 5.92 Å². The summed E-state index contributed by atoms with van der Waals surface area (Å²) in [5.41, 5.74) is 0. The monoisotopic (exact) mass is 187 g/mol. The van der Waals surface area contributed by atoms with Gasteiger partial charge in [0.05, 0.1) is 0 Å². The molecule has 0 aliphatic carbocycles. The second-order valence-electron chi connectivity index (χ2n) is 3.88. The van der Waals surface area contributed by atoms with Gasteiger partial charge in [-0.05, 0) is 38.6 Å². The van der Waals surface area contributed by atoms with Crippen LogP contribution in [0.5, 0.6) is 0 Å². The van der Waals surface area contributed by atoms with Crippen LogP contribution in [0.1, 0.15) is 46.5 Å². The lowest BCUT2D eigenvalue weighted by molar-refractivity contribution is 0.245. The Labute approximate surface area is 82.7 Å². The Hall–Kier alpha value is -0.0800. The zero-order valence-electron chi connectivity index (χ0n) is 9.34. The Morgan fingerprint density at radius 2 is 1.92 bits per heavy atom. The summed E-state index contributed by atoms with van der Waals surface area (Å²) < 4.78 is 0. The van der Waals surface area contributed by atoms with Gasteiger partial charge in [0.15, 0.2) is 0 Å². The van der Waals surface area contributed by atoms with Crippen LogP contribution in [0, 0.1) is 5.92 Å². The maximum atomic E-state index is 8.86. The fraction of sp³-hybridized carbons (Fsp3) is 1.00. The van der Waals surface area contributed by atoms with Gasteiger partial charge >= 0.3 is 0 Å². The average Bonchev–Trinajstić information content (AvgIpc) is 2.14. The third-order valence-corrected chi connectivity index (χ3v) is 2.60. The highest BCUT2D eigenvalue weighted by atomic mass is 16.3. The summed E-state index contributed by atoms with van der Waals surface area (Å²) in [6.45, 7) is 7.99. The molecular formula is C11H25NO. The molecule has 0 saturated heterocycles. The smallest absolute Gasteiger partial charge is 0.0434 e. The number of hydrogen-bond donors (Lipinski definition) is 2. The minimum atomic E-state index is 0.326. The van der Waals surface area contributed by atoms with Gasteiger partial charge in [-0.15, -0.1) is 0 Å². The van der Waals surface area contributed by atoms with E-state index in [0.29, 0.717) is 18.6 Å². The summed E-state index contributed by atoms with van der Waals surface area (Å²) in [6.07, 6.45) is 4.56. The number of rotatable bonds is 8. The molecule has 0 saturated carbocycles. The largest absolute Gasteiger partial charge is 0.396 e. The van der Waals surface area contributed by atoms with Gasteiger partial charge in [-0.2, -0.15) is 0 Å². The molecule has 2 nitrogen and oxygen atoms in total. The second-order valence-corrected chi connectivity index (χ2v) is 3.88. The molecule has 0 amide bonds. The SMILES string of the molecule is CCCC(CCO)CNC(C)CC. The van der Waals surface area contributed by atoms with Gasteiger partial charge in [0, 0.05) is 12.6 Å². The van der Waals surface area contributed by atoms with E-state index in [0.717, 1.165) is 13.0 Å². The van der Waals surface area contributed by atoms with Crippen LogP contribution in [0.3, 0.4) is 0 Å². The van der Waals surface area contributed by atoms with Crippen LogP contribution in [0.4, 0.5) is 0 Å². The van der Waals surface area contributed by atoms with Crippen LogP contribution < -0.4 is 5.32 Å². The second kappa shape index (κ2) is 8.52. The minimum absolute atomic E-state index is 0.326. The molecule has 0 fully saturated rings. The number of hydrogen-bond acceptors (Lipinski definition) is 2. The van der Waals surface area contributed by atoms with Crippen molar-refractivity contribution >= 4 is 0 Å². The third-order valence-electron chi connectivity index (χ3n) is 2.60. The zero-order valence-corrected chi connectivity index (χ0v) is 9.34. The third kappa shape index (κ3) is 7.03. The normalized spacial score (nSPS) is 15.7. The van der Waals surface area contributed by atoms with Crippen molar-refractivity contribution in [3.8, 4) is 0 Å². The van der Waals surface area contributed by atoms with Gasteiger partial charge in [-0.25, -0.2) is 0 Å². The van der Waals surface area contributed by atoms with Crippen LogP contribution in [-0.2, 0) is 0 Å². The van der Waals surface area contributed by atoms with Gasteiger partial charge < -0.3 is 10.4 Å². The van der Waals surface area contributed by atoms with Crippen molar-refractivity contribution in [3.05, 3.63) is 0 Å². The predicted molar refractivity (Wildman–Crippen MR) is 57.9 cm³/mol. The van der Waals surface area contributed by atoms with Crippen LogP contribution in [0.2, 0.25) is 0 Å². The van der Waals surface area contributed by atoms with Crippen molar-refractivity contribution < 1.29 is 5.11 Å². The van der Waals surface area contributed by atoms with E-state index in [9.17, 15) is 0 Å². The highest BCUT2D eigenvalue weighted by Crippen LogP contribution is 2.09. The first kappa shape index (κ1) is 12.9. The van der Waals surface area contributed by atoms with Gasteiger partial charge in [0.1, 0.15) is 0 Å². The van der Waals surface area contributed by atoms with Gasteiger partial charge in [-0.1, -0.05) is 20.3 Å². The Balaban J connectivity index is 3.55. The van der Waals surface area contributed by atoms with Crippen molar-refractivity contribution in [3.63, 3.8) is 0 Å². The first-order valence-corrected chi connectivity index (χ1v) is 5.58. The lowest BCUT2D eigenvalue weighted by atomic mass is 10.00. The van der Waals surface area contributed by atoms with Gasteiger partial charge in [-0.3, -0.25) is 0 Å². The van der Waals surface area contributed by atoms with E-state index in [1.807, 2.05) is 0 Å². The lowest BCUT2D eigenvalue weighted by Crippen LogP contribution is -2.31. The van der Waals surface area contributed by atoms with E-state index >= 15 is 0 Å². The highest BCUT2D eigenvalue weighted by molar-refractivity contribution is 4.65. The fourth-order valence-electron chi connectivity index (χ4n) is 1.45. The standard InChI is InChI=1S/C11H25NO/c1-4-6-11(7-8-13)9-12-10(3)5-2/h10-13H,4-9H2,1-3H3. The molecule has 0 aromatic rings. The van der Waals surface area contributed by atoms with Gasteiger partial charge in [0.25, 0.3) is 0 Å². The summed E-state index contributed by atoms with van der Waals surface area (Å²) in [6, 6.07) is 0.609. The van der Waals surface area contributed by atoms with Crippen LogP contribution in [0.15, 0.2) is 0 Å². The van der Waals surface area contributed by atoms with E-state index in [-0.39, 0.29) is 0 Å². The summed E-state index contributed by atoms with van der Waals surface area (Å²) >= 11 is 0. The molecule has 0 radical (unpaired) electrons. The molecule has 2 heteroatoms. The van der Waals surface area contributed by atoms with Crippen LogP contribution in [-0.4, -0.2) is 24.3 Å². The van der Waals surface area contributed by atoms with Crippen molar-refractivity contribution in [1.29, 1.82) is 0 Å². The van der Waals surface area contributed by atoms with Crippen molar-refractivity contribution in [2.75, 3.05) is 13.2 Å². The molecule has 2 unspecified atom stereocenters. The van der Waals surface area contributed by atoms with E-state index in [1.54, 1.807) is 0 Å². The molecule has 0 aromatic carbocycles. The van der Waals surface area contributed by atoms with Crippen molar-refractivity contribution in [2.45, 2.75) is 52.5 Å². The molecule has 0 bridgehead atoms. The van der Waals surface area contributed by atoms with Crippen molar-refractivity contribution in [1.82, 2.24) is 5.32 Å². The molecule has 80 valence electrons. The highest BCUT2D eigenvalue weighted by Gasteiger charge is 2.07. The van der Waals surface area contributed by atoms with E-state index in [4.69, 9.17) is 5.11 Å². The molecule has 13 heavy (non-hydrogen) atoms. The average molecular weight is 187 g/mol. The quantitative estimate of drug-likeness (QED) is 0.610. The van der Waals surface area contributed by atoms with E-state index in [2.05, 4.69) is 26.1 Å². The first-order valence-electron chi connectivity index (χ1n) is 5.58. The number of aliphatic hydroxyl groups excluding tert-OH is 1. The molecule has 0 rings (SSSR count). The number of aliphatic hydroxyl groups is 1. The maximum absolute atomic E-state index is 8.86. The molecule has 0 aliphatic heterocycles. The van der Waals surface area contributed by atoms with Crippen LogP contribution in [0.25, 0.3) is 0 Å². The molecule has 0 heterocycles. The molecule has 0 aliphatic rings. The molecule has 0 aromatic heterocycles. The van der Waals surface area contributed by atoms with Gasteiger partial charge in [0.2, 0.25) is 0 Å². The molecular weight excluding hydrogens is 162 g/mol. The Bertz CT molecular complexity index is 100. The lowest BCUT2D eigenvalue weighted by Gasteiger charge is -2.18. The topological polar surface area (TPSA) is 32.3 Å². The van der Waals surface area contributed by atoms with E-state index < -0.39 is 0 Å². The summed E-state index contributed by atoms with van der Waals surface area (Å²) in [7, 11) is 0. The maximum Gasteiger partial charge on any atom is 0.0434 e. The molecule has 2 atom stereocenters. The van der Waals surface area contributed by atoms with E-state index in [1.165, 1.54) is 19.3 Å². The summed E-state index contributed by atoms with van der Waals surface area (Å²) in [4.78, 5) is 0. The number of nitrogens with one attached hydrogen (secondary N) is 1. The summed E-state index contributed by atoms with van der Waals surface area (Å²) in [5.74, 6) is 0.656. The fourth-order valence-corrected chi connectivity index (χ4v) is 1.45. The summed E-state index contributed by atoms with van der Waals surface area (Å²) in [5, 5.41) is 12.3. The Morgan fingerprint density at radius 3 is 2.38 bits per heavy atom. The Morgan fingerprint density at radius 1 is 1.23 bits per heavy atom. The van der Waals surface area contributed by atoms with Crippen LogP contribution >= 0.6 is 0 Å². The molecule has 0 spiro atoms. The predicted octanol–water partition coefficient (Wildman–Crippen LogP) is 2.17. The first-order chi connectivity index (χ1) is 6.24.